The van der Waals surface area contributed by atoms with Gasteiger partial charge in [0.2, 0.25) is 0 Å². The van der Waals surface area contributed by atoms with Gasteiger partial charge in [-0.3, -0.25) is 4.79 Å². The van der Waals surface area contributed by atoms with Gasteiger partial charge >= 0.3 is 5.97 Å². The lowest BCUT2D eigenvalue weighted by Gasteiger charge is -2.04. The normalized spacial score (nSPS) is 10.5. The SMILES string of the molecule is CCCCCCCCCCCOC(=O)CCC. The summed E-state index contributed by atoms with van der Waals surface area (Å²) in [6.07, 6.45) is 13.2. The van der Waals surface area contributed by atoms with Gasteiger partial charge in [-0.15, -0.1) is 0 Å². The first-order valence-electron chi connectivity index (χ1n) is 7.46. The zero-order valence-corrected chi connectivity index (χ0v) is 11.8. The third kappa shape index (κ3) is 13.4. The molecule has 0 saturated heterocycles. The topological polar surface area (TPSA) is 26.3 Å². The molecule has 0 heterocycles. The summed E-state index contributed by atoms with van der Waals surface area (Å²) in [4.78, 5) is 11.1. The van der Waals surface area contributed by atoms with Crippen molar-refractivity contribution in [3.63, 3.8) is 0 Å². The van der Waals surface area contributed by atoms with E-state index >= 15 is 0 Å². The van der Waals surface area contributed by atoms with Crippen LogP contribution in [0.1, 0.15) is 84.5 Å². The van der Waals surface area contributed by atoms with Gasteiger partial charge in [0.15, 0.2) is 0 Å². The van der Waals surface area contributed by atoms with Gasteiger partial charge in [0, 0.05) is 6.42 Å². The van der Waals surface area contributed by atoms with Gasteiger partial charge in [-0.25, -0.2) is 0 Å². The van der Waals surface area contributed by atoms with Crippen LogP contribution in [0.5, 0.6) is 0 Å². The summed E-state index contributed by atoms with van der Waals surface area (Å²) in [6, 6.07) is 0. The van der Waals surface area contributed by atoms with Crippen molar-refractivity contribution in [1.82, 2.24) is 0 Å². The zero-order chi connectivity index (χ0) is 12.8. The molecule has 0 spiro atoms. The molecule has 0 rings (SSSR count). The first kappa shape index (κ1) is 16.5. The molecule has 0 radical (unpaired) electrons. The van der Waals surface area contributed by atoms with E-state index < -0.39 is 0 Å². The minimum absolute atomic E-state index is 0.0351. The molecule has 2 heteroatoms. The quantitative estimate of drug-likeness (QED) is 0.361. The Labute approximate surface area is 107 Å². The molecule has 0 aliphatic carbocycles. The maximum Gasteiger partial charge on any atom is 0.305 e. The molecule has 0 saturated carbocycles. The standard InChI is InChI=1S/C15H30O2/c1-3-5-6-7-8-9-10-11-12-14-17-15(16)13-4-2/h3-14H2,1-2H3. The highest BCUT2D eigenvalue weighted by atomic mass is 16.5. The Hall–Kier alpha value is -0.530. The number of ether oxygens (including phenoxy) is 1. The van der Waals surface area contributed by atoms with Crippen LogP contribution in [0.4, 0.5) is 0 Å². The highest BCUT2D eigenvalue weighted by Gasteiger charge is 1.99. The van der Waals surface area contributed by atoms with Gasteiger partial charge in [-0.1, -0.05) is 65.2 Å². The molecule has 0 atom stereocenters. The van der Waals surface area contributed by atoms with E-state index in [0.29, 0.717) is 13.0 Å². The Bertz CT molecular complexity index is 166. The molecule has 0 aromatic rings. The second-order valence-electron chi connectivity index (χ2n) is 4.80. The summed E-state index contributed by atoms with van der Waals surface area (Å²) in [6.45, 7) is 4.87. The molecule has 0 fully saturated rings. The van der Waals surface area contributed by atoms with E-state index in [2.05, 4.69) is 6.92 Å². The minimum Gasteiger partial charge on any atom is -0.466 e. The van der Waals surface area contributed by atoms with E-state index in [9.17, 15) is 4.79 Å². The van der Waals surface area contributed by atoms with Crippen LogP contribution in [0.2, 0.25) is 0 Å². The van der Waals surface area contributed by atoms with Crippen molar-refractivity contribution in [2.45, 2.75) is 84.5 Å². The molecule has 0 aliphatic rings. The van der Waals surface area contributed by atoms with Crippen LogP contribution >= 0.6 is 0 Å². The highest BCUT2D eigenvalue weighted by Crippen LogP contribution is 2.09. The van der Waals surface area contributed by atoms with Crippen molar-refractivity contribution >= 4 is 5.97 Å². The summed E-state index contributed by atoms with van der Waals surface area (Å²) in [5, 5.41) is 0. The lowest BCUT2D eigenvalue weighted by molar-refractivity contribution is -0.143. The Morgan fingerprint density at radius 1 is 0.765 bits per heavy atom. The summed E-state index contributed by atoms with van der Waals surface area (Å²) in [5.41, 5.74) is 0. The van der Waals surface area contributed by atoms with Crippen molar-refractivity contribution < 1.29 is 9.53 Å². The zero-order valence-electron chi connectivity index (χ0n) is 11.8. The lowest BCUT2D eigenvalue weighted by atomic mass is 10.1. The average molecular weight is 242 g/mol. The van der Waals surface area contributed by atoms with Crippen molar-refractivity contribution in [3.8, 4) is 0 Å². The predicted octanol–water partition coefficient (Wildman–Crippen LogP) is 4.86. The number of rotatable bonds is 12. The maximum absolute atomic E-state index is 11.1. The van der Waals surface area contributed by atoms with E-state index in [-0.39, 0.29) is 5.97 Å². The van der Waals surface area contributed by atoms with Crippen LogP contribution < -0.4 is 0 Å². The fourth-order valence-electron chi connectivity index (χ4n) is 1.88. The Morgan fingerprint density at radius 2 is 1.29 bits per heavy atom. The smallest absolute Gasteiger partial charge is 0.305 e. The minimum atomic E-state index is -0.0351. The monoisotopic (exact) mass is 242 g/mol. The second-order valence-corrected chi connectivity index (χ2v) is 4.80. The number of hydrogen-bond donors (Lipinski definition) is 0. The van der Waals surface area contributed by atoms with Gasteiger partial charge in [-0.05, 0) is 12.8 Å². The molecule has 0 unspecified atom stereocenters. The van der Waals surface area contributed by atoms with Crippen LogP contribution in [0.25, 0.3) is 0 Å². The van der Waals surface area contributed by atoms with Crippen LogP contribution in [0, 0.1) is 0 Å². The molecule has 17 heavy (non-hydrogen) atoms. The van der Waals surface area contributed by atoms with E-state index in [1.807, 2.05) is 6.92 Å². The molecule has 2 nitrogen and oxygen atoms in total. The summed E-state index contributed by atoms with van der Waals surface area (Å²) in [7, 11) is 0. The molecule has 102 valence electrons. The third-order valence-electron chi connectivity index (χ3n) is 2.97. The largest absolute Gasteiger partial charge is 0.466 e. The number of carbonyl (C=O) groups excluding carboxylic acids is 1. The third-order valence-corrected chi connectivity index (χ3v) is 2.97. The van der Waals surface area contributed by atoms with Crippen molar-refractivity contribution in [3.05, 3.63) is 0 Å². The summed E-state index contributed by atoms with van der Waals surface area (Å²) >= 11 is 0. The molecule has 0 aromatic heterocycles. The van der Waals surface area contributed by atoms with Gasteiger partial charge < -0.3 is 4.74 Å². The molecule has 0 amide bonds. The fourth-order valence-corrected chi connectivity index (χ4v) is 1.88. The van der Waals surface area contributed by atoms with Crippen molar-refractivity contribution in [2.24, 2.45) is 0 Å². The first-order chi connectivity index (χ1) is 8.31. The van der Waals surface area contributed by atoms with Gasteiger partial charge in [0.1, 0.15) is 0 Å². The van der Waals surface area contributed by atoms with E-state index in [1.165, 1.54) is 51.4 Å². The summed E-state index contributed by atoms with van der Waals surface area (Å²) in [5.74, 6) is -0.0351. The van der Waals surface area contributed by atoms with Gasteiger partial charge in [0.25, 0.3) is 0 Å². The van der Waals surface area contributed by atoms with Crippen molar-refractivity contribution in [2.75, 3.05) is 6.61 Å². The summed E-state index contributed by atoms with van der Waals surface area (Å²) < 4.78 is 5.10. The van der Waals surface area contributed by atoms with Crippen LogP contribution in [-0.2, 0) is 9.53 Å². The van der Waals surface area contributed by atoms with Crippen molar-refractivity contribution in [1.29, 1.82) is 0 Å². The van der Waals surface area contributed by atoms with Crippen LogP contribution in [-0.4, -0.2) is 12.6 Å². The number of unbranched alkanes of at least 4 members (excludes halogenated alkanes) is 8. The molecular formula is C15H30O2. The maximum atomic E-state index is 11.1. The van der Waals surface area contributed by atoms with E-state index in [4.69, 9.17) is 4.74 Å². The Morgan fingerprint density at radius 3 is 1.82 bits per heavy atom. The number of carbonyl (C=O) groups is 1. The predicted molar refractivity (Wildman–Crippen MR) is 73.1 cm³/mol. The lowest BCUT2D eigenvalue weighted by Crippen LogP contribution is -2.04. The molecule has 0 aliphatic heterocycles. The van der Waals surface area contributed by atoms with Gasteiger partial charge in [-0.2, -0.15) is 0 Å². The fraction of sp³-hybridized carbons (Fsp3) is 0.933. The number of esters is 1. The molecular weight excluding hydrogens is 212 g/mol. The van der Waals surface area contributed by atoms with Crippen LogP contribution in [0.3, 0.4) is 0 Å². The van der Waals surface area contributed by atoms with Crippen LogP contribution in [0.15, 0.2) is 0 Å². The molecule has 0 aromatic carbocycles. The van der Waals surface area contributed by atoms with Gasteiger partial charge in [0.05, 0.1) is 6.61 Å². The first-order valence-corrected chi connectivity index (χ1v) is 7.46. The number of hydrogen-bond acceptors (Lipinski definition) is 2. The van der Waals surface area contributed by atoms with E-state index in [1.54, 1.807) is 0 Å². The molecule has 0 bridgehead atoms. The highest BCUT2D eigenvalue weighted by molar-refractivity contribution is 5.69. The Kier molecular flexibility index (Phi) is 13.1. The van der Waals surface area contributed by atoms with E-state index in [0.717, 1.165) is 12.8 Å². The molecule has 0 N–H and O–H groups in total. The average Bonchev–Trinajstić information content (AvgIpc) is 2.32. The Balaban J connectivity index is 3.01. The second kappa shape index (κ2) is 13.5.